The smallest absolute Gasteiger partial charge is 0.391 e. The van der Waals surface area contributed by atoms with Crippen LogP contribution in [-0.4, -0.2) is 73.4 Å². The Labute approximate surface area is 412 Å². The number of aliphatic hydroxyl groups is 1. The van der Waals surface area contributed by atoms with E-state index < -0.39 is 20.0 Å². The van der Waals surface area contributed by atoms with E-state index >= 15 is 0 Å². The summed E-state index contributed by atoms with van der Waals surface area (Å²) in [4.78, 5) is 22.9. The highest BCUT2D eigenvalue weighted by atomic mass is 31.2. The van der Waals surface area contributed by atoms with Crippen LogP contribution >= 0.6 is 7.82 Å². The lowest BCUT2D eigenvalue weighted by Gasteiger charge is -2.26. The molecule has 0 saturated carbocycles. The number of unbranched alkanes of at least 4 members (excludes halogenated alkanes) is 42. The Bertz CT molecular complexity index is 1040. The molecule has 0 aromatic carbocycles. The van der Waals surface area contributed by atoms with E-state index in [4.69, 9.17) is 9.05 Å². The van der Waals surface area contributed by atoms with Crippen LogP contribution in [0.15, 0.2) is 0 Å². The minimum absolute atomic E-state index is 0.0766. The molecule has 0 heterocycles. The standard InChI is InChI=1S/C57H117N2O6P/c1-6-8-10-11-12-13-14-15-16-17-18-19-20-21-22-23-24-25-26-27-28-29-30-31-32-33-34-35-36-37-38-39-40-41-42-43-44-45-46-47-49-51-57(61)58-55(56(60)50-48-9-7-2)54-65-66(62,63)64-53-52-59(3,4)5/h55-56,60H,6-54H2,1-5H3,(H-,58,61,62,63)/p+1. The Morgan fingerprint density at radius 1 is 0.455 bits per heavy atom. The maximum Gasteiger partial charge on any atom is 0.472 e. The van der Waals surface area contributed by atoms with Crippen LogP contribution in [-0.2, 0) is 18.4 Å². The Balaban J connectivity index is 3.51. The van der Waals surface area contributed by atoms with E-state index in [0.717, 1.165) is 38.5 Å². The van der Waals surface area contributed by atoms with Crippen molar-refractivity contribution in [2.45, 2.75) is 321 Å². The fourth-order valence-electron chi connectivity index (χ4n) is 9.23. The number of quaternary nitrogens is 1. The van der Waals surface area contributed by atoms with Gasteiger partial charge in [-0.1, -0.05) is 290 Å². The number of likely N-dealkylation sites (N-methyl/N-ethyl adjacent to an activating group) is 1. The van der Waals surface area contributed by atoms with Gasteiger partial charge in [0.05, 0.1) is 39.9 Å². The molecule has 3 N–H and O–H groups in total. The number of phosphoric ester groups is 1. The molecule has 0 radical (unpaired) electrons. The fraction of sp³-hybridized carbons (Fsp3) is 0.982. The van der Waals surface area contributed by atoms with Crippen molar-refractivity contribution in [2.24, 2.45) is 0 Å². The van der Waals surface area contributed by atoms with Gasteiger partial charge in [-0.2, -0.15) is 0 Å². The molecule has 3 unspecified atom stereocenters. The van der Waals surface area contributed by atoms with Crippen LogP contribution in [0.1, 0.15) is 309 Å². The third kappa shape index (κ3) is 51.4. The van der Waals surface area contributed by atoms with Gasteiger partial charge >= 0.3 is 7.82 Å². The zero-order valence-electron chi connectivity index (χ0n) is 45.2. The molecule has 0 aliphatic carbocycles. The Morgan fingerprint density at radius 3 is 1.02 bits per heavy atom. The summed E-state index contributed by atoms with van der Waals surface area (Å²) in [6, 6.07) is -0.751. The van der Waals surface area contributed by atoms with E-state index in [2.05, 4.69) is 19.2 Å². The van der Waals surface area contributed by atoms with Crippen LogP contribution in [0.3, 0.4) is 0 Å². The average molecular weight is 959 g/mol. The second-order valence-electron chi connectivity index (χ2n) is 21.7. The number of nitrogens with one attached hydrogen (secondary N) is 1. The van der Waals surface area contributed by atoms with Crippen molar-refractivity contribution in [1.29, 1.82) is 0 Å². The second-order valence-corrected chi connectivity index (χ2v) is 23.2. The number of aliphatic hydroxyl groups excluding tert-OH is 1. The van der Waals surface area contributed by atoms with Crippen LogP contribution < -0.4 is 5.32 Å². The number of rotatable bonds is 55. The van der Waals surface area contributed by atoms with Gasteiger partial charge < -0.3 is 19.8 Å². The van der Waals surface area contributed by atoms with Gasteiger partial charge in [0.15, 0.2) is 0 Å². The van der Waals surface area contributed by atoms with Crippen LogP contribution in [0.4, 0.5) is 0 Å². The molecule has 8 nitrogen and oxygen atoms in total. The number of hydrogen-bond donors (Lipinski definition) is 3. The number of carbonyl (C=O) groups is 1. The molecular formula is C57H118N2O6P+. The lowest BCUT2D eigenvalue weighted by molar-refractivity contribution is -0.870. The van der Waals surface area contributed by atoms with Gasteiger partial charge in [-0.05, 0) is 12.8 Å². The molecule has 0 saturated heterocycles. The summed E-state index contributed by atoms with van der Waals surface area (Å²) in [5.41, 5.74) is 0. The predicted octanol–water partition coefficient (Wildman–Crippen LogP) is 17.7. The molecule has 0 bridgehead atoms. The Hall–Kier alpha value is -0.500. The Morgan fingerprint density at radius 2 is 0.727 bits per heavy atom. The Kier molecular flexibility index (Phi) is 49.1. The van der Waals surface area contributed by atoms with Crippen molar-refractivity contribution in [1.82, 2.24) is 5.32 Å². The highest BCUT2D eigenvalue weighted by molar-refractivity contribution is 7.47. The summed E-state index contributed by atoms with van der Waals surface area (Å²) >= 11 is 0. The van der Waals surface area contributed by atoms with Gasteiger partial charge in [-0.15, -0.1) is 0 Å². The molecule has 0 aromatic heterocycles. The van der Waals surface area contributed by atoms with Crippen molar-refractivity contribution in [2.75, 3.05) is 40.9 Å². The van der Waals surface area contributed by atoms with Crippen molar-refractivity contribution >= 4 is 13.7 Å². The fourth-order valence-corrected chi connectivity index (χ4v) is 9.96. The minimum Gasteiger partial charge on any atom is -0.391 e. The maximum absolute atomic E-state index is 12.7. The SMILES string of the molecule is CCCCCCCCCCCCCCCCCCCCCCCCCCCCCCCCCCCCCCCCCCCC(=O)NC(COP(=O)(O)OCC[N+](C)(C)C)C(O)CCCCC. The third-order valence-corrected chi connectivity index (χ3v) is 14.8. The summed E-state index contributed by atoms with van der Waals surface area (Å²) in [5.74, 6) is -0.149. The molecule has 0 fully saturated rings. The highest BCUT2D eigenvalue weighted by Crippen LogP contribution is 2.43. The normalized spacial score (nSPS) is 13.9. The van der Waals surface area contributed by atoms with E-state index in [-0.39, 0.29) is 19.1 Å². The molecule has 0 spiro atoms. The molecule has 9 heteroatoms. The first-order chi connectivity index (χ1) is 32.0. The van der Waals surface area contributed by atoms with Crippen molar-refractivity contribution in [3.8, 4) is 0 Å². The molecule has 3 atom stereocenters. The van der Waals surface area contributed by atoms with Gasteiger partial charge in [-0.3, -0.25) is 13.8 Å². The van der Waals surface area contributed by atoms with Crippen molar-refractivity contribution in [3.05, 3.63) is 0 Å². The summed E-state index contributed by atoms with van der Waals surface area (Å²) in [7, 11) is 1.62. The summed E-state index contributed by atoms with van der Waals surface area (Å²) in [6.07, 6.45) is 60.3. The van der Waals surface area contributed by atoms with Gasteiger partial charge in [-0.25, -0.2) is 4.57 Å². The lowest BCUT2D eigenvalue weighted by Crippen LogP contribution is -2.46. The van der Waals surface area contributed by atoms with Crippen LogP contribution in [0, 0.1) is 0 Å². The summed E-state index contributed by atoms with van der Waals surface area (Å²) in [6.45, 7) is 4.76. The van der Waals surface area contributed by atoms with E-state index in [1.54, 1.807) is 0 Å². The van der Waals surface area contributed by atoms with Gasteiger partial charge in [0, 0.05) is 6.42 Å². The predicted molar refractivity (Wildman–Crippen MR) is 286 cm³/mol. The van der Waals surface area contributed by atoms with E-state index in [9.17, 15) is 19.4 Å². The largest absolute Gasteiger partial charge is 0.472 e. The number of carbonyl (C=O) groups excluding carboxylic acids is 1. The van der Waals surface area contributed by atoms with Crippen LogP contribution in [0.25, 0.3) is 0 Å². The molecule has 0 aromatic rings. The quantitative estimate of drug-likeness (QED) is 0.0319. The van der Waals surface area contributed by atoms with Crippen LogP contribution in [0.5, 0.6) is 0 Å². The number of phosphoric acid groups is 1. The maximum atomic E-state index is 12.7. The average Bonchev–Trinajstić information content (AvgIpc) is 3.27. The zero-order valence-corrected chi connectivity index (χ0v) is 46.1. The number of amides is 1. The first kappa shape index (κ1) is 65.5. The molecule has 0 rings (SSSR count). The minimum atomic E-state index is -4.29. The number of hydrogen-bond acceptors (Lipinski definition) is 5. The molecule has 396 valence electrons. The van der Waals surface area contributed by atoms with Gasteiger partial charge in [0.25, 0.3) is 0 Å². The van der Waals surface area contributed by atoms with Crippen molar-refractivity contribution in [3.63, 3.8) is 0 Å². The van der Waals surface area contributed by atoms with Gasteiger partial charge in [0.2, 0.25) is 5.91 Å². The summed E-state index contributed by atoms with van der Waals surface area (Å²) in [5, 5.41) is 13.6. The summed E-state index contributed by atoms with van der Waals surface area (Å²) < 4.78 is 23.4. The van der Waals surface area contributed by atoms with Crippen LogP contribution in [0.2, 0.25) is 0 Å². The first-order valence-corrected chi connectivity index (χ1v) is 30.9. The topological polar surface area (TPSA) is 105 Å². The van der Waals surface area contributed by atoms with Gasteiger partial charge in [0.1, 0.15) is 13.2 Å². The van der Waals surface area contributed by atoms with E-state index in [1.807, 2.05) is 21.1 Å². The first-order valence-electron chi connectivity index (χ1n) is 29.4. The lowest BCUT2D eigenvalue weighted by atomic mass is 10.0. The monoisotopic (exact) mass is 958 g/mol. The second kappa shape index (κ2) is 49.5. The molecule has 0 aliphatic rings. The third-order valence-electron chi connectivity index (χ3n) is 13.9. The van der Waals surface area contributed by atoms with Crippen molar-refractivity contribution < 1.29 is 32.9 Å². The number of nitrogens with zero attached hydrogens (tertiary/aromatic N) is 1. The van der Waals surface area contributed by atoms with E-state index in [0.29, 0.717) is 23.9 Å². The molecule has 1 amide bonds. The zero-order chi connectivity index (χ0) is 48.5. The van der Waals surface area contributed by atoms with E-state index in [1.165, 1.54) is 244 Å². The molecule has 66 heavy (non-hydrogen) atoms. The molecule has 0 aliphatic heterocycles. The highest BCUT2D eigenvalue weighted by Gasteiger charge is 2.28. The molecular weight excluding hydrogens is 840 g/mol.